The Morgan fingerprint density at radius 3 is 2.55 bits per heavy atom. The van der Waals surface area contributed by atoms with Crippen molar-refractivity contribution in [2.24, 2.45) is 5.73 Å². The standard InChI is InChI=1S/C17H19ClFN/c1-12-5-7-13(8-6-12)9-10-15(20)11-14-3-2-4-16(18)17(14)19/h2-8,15H,9-11,20H2,1H3. The van der Waals surface area contributed by atoms with Crippen molar-refractivity contribution < 1.29 is 4.39 Å². The summed E-state index contributed by atoms with van der Waals surface area (Å²) in [6.45, 7) is 2.07. The van der Waals surface area contributed by atoms with Crippen LogP contribution in [0.3, 0.4) is 0 Å². The summed E-state index contributed by atoms with van der Waals surface area (Å²) in [5, 5.41) is 0.160. The molecule has 0 radical (unpaired) electrons. The van der Waals surface area contributed by atoms with Crippen molar-refractivity contribution in [3.63, 3.8) is 0 Å². The molecule has 0 saturated heterocycles. The Morgan fingerprint density at radius 1 is 1.15 bits per heavy atom. The molecule has 20 heavy (non-hydrogen) atoms. The van der Waals surface area contributed by atoms with Gasteiger partial charge in [0.1, 0.15) is 5.82 Å². The highest BCUT2D eigenvalue weighted by atomic mass is 35.5. The lowest BCUT2D eigenvalue weighted by atomic mass is 9.99. The predicted octanol–water partition coefficient (Wildman–Crippen LogP) is 4.29. The molecule has 2 N–H and O–H groups in total. The second-order valence-electron chi connectivity index (χ2n) is 5.20. The summed E-state index contributed by atoms with van der Waals surface area (Å²) in [5.41, 5.74) is 9.20. The van der Waals surface area contributed by atoms with E-state index in [0.717, 1.165) is 12.8 Å². The molecule has 1 unspecified atom stereocenters. The van der Waals surface area contributed by atoms with Gasteiger partial charge in [-0.3, -0.25) is 0 Å². The lowest BCUT2D eigenvalue weighted by Crippen LogP contribution is -2.24. The van der Waals surface area contributed by atoms with E-state index in [0.29, 0.717) is 12.0 Å². The van der Waals surface area contributed by atoms with Gasteiger partial charge in [-0.2, -0.15) is 0 Å². The van der Waals surface area contributed by atoms with Crippen LogP contribution in [-0.2, 0) is 12.8 Å². The Kier molecular flexibility index (Phi) is 5.16. The van der Waals surface area contributed by atoms with Gasteiger partial charge in [-0.15, -0.1) is 0 Å². The fourth-order valence-corrected chi connectivity index (χ4v) is 2.39. The van der Waals surface area contributed by atoms with Crippen molar-refractivity contribution in [2.75, 3.05) is 0 Å². The third-order valence-corrected chi connectivity index (χ3v) is 3.73. The highest BCUT2D eigenvalue weighted by Crippen LogP contribution is 2.19. The summed E-state index contributed by atoms with van der Waals surface area (Å²) < 4.78 is 13.8. The van der Waals surface area contributed by atoms with Crippen molar-refractivity contribution >= 4 is 11.6 Å². The van der Waals surface area contributed by atoms with Crippen LogP contribution in [0.25, 0.3) is 0 Å². The lowest BCUT2D eigenvalue weighted by molar-refractivity contribution is 0.566. The third-order valence-electron chi connectivity index (χ3n) is 3.44. The molecule has 3 heteroatoms. The molecule has 0 saturated carbocycles. The quantitative estimate of drug-likeness (QED) is 0.874. The van der Waals surface area contributed by atoms with E-state index in [1.54, 1.807) is 18.2 Å². The molecule has 0 aliphatic carbocycles. The van der Waals surface area contributed by atoms with Crippen molar-refractivity contribution in [2.45, 2.75) is 32.2 Å². The zero-order chi connectivity index (χ0) is 14.5. The van der Waals surface area contributed by atoms with Crippen LogP contribution in [0.15, 0.2) is 42.5 Å². The fraction of sp³-hybridized carbons (Fsp3) is 0.294. The van der Waals surface area contributed by atoms with E-state index < -0.39 is 0 Å². The van der Waals surface area contributed by atoms with Gasteiger partial charge in [0.15, 0.2) is 0 Å². The van der Waals surface area contributed by atoms with Gasteiger partial charge in [0.2, 0.25) is 0 Å². The smallest absolute Gasteiger partial charge is 0.145 e. The van der Waals surface area contributed by atoms with Gasteiger partial charge in [-0.25, -0.2) is 4.39 Å². The molecule has 1 atom stereocenters. The van der Waals surface area contributed by atoms with Gasteiger partial charge in [0.25, 0.3) is 0 Å². The zero-order valence-electron chi connectivity index (χ0n) is 11.6. The molecule has 0 aliphatic rings. The maximum absolute atomic E-state index is 13.8. The Labute approximate surface area is 124 Å². The van der Waals surface area contributed by atoms with Gasteiger partial charge in [-0.1, -0.05) is 53.6 Å². The third kappa shape index (κ3) is 4.06. The first-order chi connectivity index (χ1) is 9.56. The molecule has 0 bridgehead atoms. The summed E-state index contributed by atoms with van der Waals surface area (Å²) in [5.74, 6) is -0.347. The SMILES string of the molecule is Cc1ccc(CCC(N)Cc2cccc(Cl)c2F)cc1. The van der Waals surface area contributed by atoms with Crippen LogP contribution >= 0.6 is 11.6 Å². The number of rotatable bonds is 5. The van der Waals surface area contributed by atoms with E-state index in [-0.39, 0.29) is 16.9 Å². The summed E-state index contributed by atoms with van der Waals surface area (Å²) in [4.78, 5) is 0. The van der Waals surface area contributed by atoms with Crippen LogP contribution in [0.4, 0.5) is 4.39 Å². The number of benzene rings is 2. The average Bonchev–Trinajstić information content (AvgIpc) is 2.43. The highest BCUT2D eigenvalue weighted by Gasteiger charge is 2.10. The van der Waals surface area contributed by atoms with Crippen LogP contribution in [-0.4, -0.2) is 6.04 Å². The number of hydrogen-bond donors (Lipinski definition) is 1. The van der Waals surface area contributed by atoms with Crippen LogP contribution in [0.1, 0.15) is 23.1 Å². The Bertz CT molecular complexity index is 566. The molecule has 1 nitrogen and oxygen atoms in total. The molecule has 0 aromatic heterocycles. The number of halogens is 2. The Morgan fingerprint density at radius 2 is 1.85 bits per heavy atom. The van der Waals surface area contributed by atoms with Crippen molar-refractivity contribution in [1.29, 1.82) is 0 Å². The topological polar surface area (TPSA) is 26.0 Å². The van der Waals surface area contributed by atoms with E-state index in [2.05, 4.69) is 31.2 Å². The van der Waals surface area contributed by atoms with Gasteiger partial charge < -0.3 is 5.73 Å². The molecule has 2 aromatic rings. The second kappa shape index (κ2) is 6.87. The first kappa shape index (κ1) is 15.0. The number of aryl methyl sites for hydroxylation is 2. The van der Waals surface area contributed by atoms with E-state index in [4.69, 9.17) is 17.3 Å². The summed E-state index contributed by atoms with van der Waals surface area (Å²) in [6, 6.07) is 13.4. The monoisotopic (exact) mass is 291 g/mol. The van der Waals surface area contributed by atoms with Gasteiger partial charge in [0.05, 0.1) is 5.02 Å². The molecule has 106 valence electrons. The van der Waals surface area contributed by atoms with Gasteiger partial charge in [0, 0.05) is 6.04 Å². The second-order valence-corrected chi connectivity index (χ2v) is 5.61. The van der Waals surface area contributed by atoms with Crippen LogP contribution in [0, 0.1) is 12.7 Å². The Balaban J connectivity index is 1.91. The maximum atomic E-state index is 13.8. The molecular formula is C17H19ClFN. The summed E-state index contributed by atoms with van der Waals surface area (Å²) >= 11 is 5.77. The molecule has 0 heterocycles. The normalized spacial score (nSPS) is 12.4. The summed E-state index contributed by atoms with van der Waals surface area (Å²) in [6.07, 6.45) is 2.25. The largest absolute Gasteiger partial charge is 0.327 e. The molecule has 0 fully saturated rings. The van der Waals surface area contributed by atoms with E-state index in [1.165, 1.54) is 11.1 Å². The maximum Gasteiger partial charge on any atom is 0.145 e. The summed E-state index contributed by atoms with van der Waals surface area (Å²) in [7, 11) is 0. The van der Waals surface area contributed by atoms with E-state index in [9.17, 15) is 4.39 Å². The average molecular weight is 292 g/mol. The van der Waals surface area contributed by atoms with Crippen molar-refractivity contribution in [3.05, 3.63) is 70.0 Å². The molecule has 0 amide bonds. The van der Waals surface area contributed by atoms with E-state index >= 15 is 0 Å². The van der Waals surface area contributed by atoms with Crippen LogP contribution < -0.4 is 5.73 Å². The number of nitrogens with two attached hydrogens (primary N) is 1. The predicted molar refractivity (Wildman–Crippen MR) is 82.6 cm³/mol. The molecular weight excluding hydrogens is 273 g/mol. The zero-order valence-corrected chi connectivity index (χ0v) is 12.3. The minimum Gasteiger partial charge on any atom is -0.327 e. The Hall–Kier alpha value is -1.38. The first-order valence-electron chi connectivity index (χ1n) is 6.80. The molecule has 2 rings (SSSR count). The van der Waals surface area contributed by atoms with Gasteiger partial charge in [-0.05, 0) is 43.4 Å². The van der Waals surface area contributed by atoms with Crippen LogP contribution in [0.5, 0.6) is 0 Å². The fourth-order valence-electron chi connectivity index (χ4n) is 2.20. The lowest BCUT2D eigenvalue weighted by Gasteiger charge is -2.13. The van der Waals surface area contributed by atoms with Crippen LogP contribution in [0.2, 0.25) is 5.02 Å². The van der Waals surface area contributed by atoms with Crippen molar-refractivity contribution in [3.8, 4) is 0 Å². The number of hydrogen-bond acceptors (Lipinski definition) is 1. The minimum absolute atomic E-state index is 0.0655. The molecule has 2 aromatic carbocycles. The minimum atomic E-state index is -0.347. The highest BCUT2D eigenvalue weighted by molar-refractivity contribution is 6.30. The molecule has 0 spiro atoms. The molecule has 0 aliphatic heterocycles. The van der Waals surface area contributed by atoms with Gasteiger partial charge >= 0.3 is 0 Å². The first-order valence-corrected chi connectivity index (χ1v) is 7.18. The van der Waals surface area contributed by atoms with Crippen molar-refractivity contribution in [1.82, 2.24) is 0 Å². The van der Waals surface area contributed by atoms with E-state index in [1.807, 2.05) is 0 Å².